The molecule has 0 aliphatic rings. The molecular formula is C3H6Mg2O12. The predicted octanol–water partition coefficient (Wildman–Crippen LogP) is -1.19. The minimum absolute atomic E-state index is 0. The Labute approximate surface area is 122 Å². The molecule has 0 fully saturated rings. The molecule has 0 rings (SSSR count). The summed E-state index contributed by atoms with van der Waals surface area (Å²) in [6.45, 7) is 0.500. The van der Waals surface area contributed by atoms with Crippen LogP contribution in [0.1, 0.15) is 7.43 Å². The second-order valence-electron chi connectivity index (χ2n) is 0.175. The van der Waals surface area contributed by atoms with Gasteiger partial charge < -0.3 is 15.4 Å². The summed E-state index contributed by atoms with van der Waals surface area (Å²) in [4.78, 5) is 66.5. The van der Waals surface area contributed by atoms with Gasteiger partial charge >= 0.3 is 54.1 Å². The molecule has 0 bridgehead atoms. The van der Waals surface area contributed by atoms with Crippen LogP contribution in [-0.2, 0) is 17.6 Å². The molecule has 12 nitrogen and oxygen atoms in total. The zero-order chi connectivity index (χ0) is 13.4. The van der Waals surface area contributed by atoms with Gasteiger partial charge in [-0.05, 0) is 0 Å². The second-order valence-corrected chi connectivity index (χ2v) is 0.175. The Hall–Kier alpha value is -1.06. The first-order chi connectivity index (χ1) is 6.83. The molecule has 0 spiro atoms. The Morgan fingerprint density at radius 3 is 0.882 bits per heavy atom. The summed E-state index contributed by atoms with van der Waals surface area (Å²) >= 11 is 0.611. The molecule has 0 radical (unpaired) electrons. The molecule has 0 heterocycles. The first-order valence-corrected chi connectivity index (χ1v) is 2.20. The third-order valence-electron chi connectivity index (χ3n) is 0. The van der Waals surface area contributed by atoms with Crippen LogP contribution in [0.15, 0.2) is 0 Å². The van der Waals surface area contributed by atoms with Crippen LogP contribution in [0.2, 0.25) is 0 Å². The number of hydrogen-bond acceptors (Lipinski definition) is 11. The summed E-state index contributed by atoms with van der Waals surface area (Å²) in [6.07, 6.45) is 0.250. The number of carbonyl (C=O) groups excluding carboxylic acids is 2. The molecule has 0 saturated heterocycles. The van der Waals surface area contributed by atoms with Gasteiger partial charge in [-0.2, -0.15) is 9.59 Å². The molecule has 0 aliphatic heterocycles. The molecule has 17 heavy (non-hydrogen) atoms. The van der Waals surface area contributed by atoms with Gasteiger partial charge in [-0.15, -0.1) is 0 Å². The van der Waals surface area contributed by atoms with E-state index in [1.807, 2.05) is 0 Å². The van der Waals surface area contributed by atoms with Crippen LogP contribution < -0.4 is 0 Å². The zero-order valence-electron chi connectivity index (χ0n) is 7.39. The molecule has 0 aliphatic carbocycles. The average molecular weight is 283 g/mol. The quantitative estimate of drug-likeness (QED) is 0.409. The van der Waals surface area contributed by atoms with Crippen LogP contribution in [0, 0.1) is 29.8 Å². The maximum atomic E-state index is 8.28. The Bertz CT molecular complexity index is 95.9. The number of hydrogen-bond donors (Lipinski definition) is 1. The fourth-order valence-corrected chi connectivity index (χ4v) is 0. The van der Waals surface area contributed by atoms with Gasteiger partial charge in [0.25, 0.3) is 0 Å². The van der Waals surface area contributed by atoms with E-state index in [2.05, 4.69) is 0 Å². The molecule has 0 aromatic carbocycles. The molecular weight excluding hydrogens is 277 g/mol. The fourth-order valence-electron chi connectivity index (χ4n) is 0. The van der Waals surface area contributed by atoms with Gasteiger partial charge in [-0.3, -0.25) is 0 Å². The molecule has 0 aromatic heterocycles. The Kier molecular flexibility index (Phi) is 14200. The summed E-state index contributed by atoms with van der Waals surface area (Å²) in [5.41, 5.74) is 0. The zero-order valence-corrected chi connectivity index (χ0v) is 10.2. The fraction of sp³-hybridized carbons (Fsp3) is 0.333. The van der Waals surface area contributed by atoms with Crippen molar-refractivity contribution < 1.29 is 28.1 Å². The molecule has 0 atom stereocenters. The van der Waals surface area contributed by atoms with Gasteiger partial charge in [0.2, 0.25) is 0 Å². The summed E-state index contributed by atoms with van der Waals surface area (Å²) in [5.74, 6) is 0. The van der Waals surface area contributed by atoms with E-state index in [9.17, 15) is 0 Å². The van der Waals surface area contributed by atoms with Crippen molar-refractivity contribution in [3.8, 4) is 0 Å². The van der Waals surface area contributed by atoms with Crippen molar-refractivity contribution >= 4 is 57.4 Å². The third kappa shape index (κ3) is 2240. The Morgan fingerprint density at radius 1 is 0.882 bits per heavy atom. The third-order valence-corrected chi connectivity index (χ3v) is 0. The van der Waals surface area contributed by atoms with Gasteiger partial charge in [0.1, 0.15) is 0 Å². The van der Waals surface area contributed by atoms with Crippen molar-refractivity contribution in [3.63, 3.8) is 0 Å². The van der Waals surface area contributed by atoms with Crippen LogP contribution in [0.5, 0.6) is 0 Å². The summed E-state index contributed by atoms with van der Waals surface area (Å²) in [7, 11) is 0. The van der Waals surface area contributed by atoms with E-state index >= 15 is 0 Å². The molecule has 0 amide bonds. The minimum atomic E-state index is 0. The molecule has 14 heteroatoms. The Balaban J connectivity index is -0.00000000631. The summed E-state index contributed by atoms with van der Waals surface area (Å²) in [5, 5.41) is 6.76. The molecule has 0 aromatic rings. The van der Waals surface area contributed by atoms with Crippen molar-refractivity contribution in [1.29, 1.82) is 0 Å². The van der Waals surface area contributed by atoms with Crippen molar-refractivity contribution in [2.75, 3.05) is 0 Å². The van der Waals surface area contributed by atoms with E-state index in [0.29, 0.717) is 28.2 Å². The van der Waals surface area contributed by atoms with E-state index in [1.54, 1.807) is 0 Å². The van der Waals surface area contributed by atoms with Crippen molar-refractivity contribution in [2.24, 2.45) is 0 Å². The van der Waals surface area contributed by atoms with Gasteiger partial charge in [0.05, 0.1) is 0 Å². The van der Waals surface area contributed by atoms with Crippen molar-refractivity contribution in [2.45, 2.75) is 7.43 Å². The first-order valence-electron chi connectivity index (χ1n) is 1.62. The van der Waals surface area contributed by atoms with Crippen LogP contribution in [0.3, 0.4) is 0 Å². The molecule has 94 valence electrons. The van der Waals surface area contributed by atoms with E-state index < -0.39 is 0 Å². The first kappa shape index (κ1) is 73.9. The van der Waals surface area contributed by atoms with Crippen molar-refractivity contribution in [3.05, 3.63) is 29.8 Å². The summed E-state index contributed by atoms with van der Waals surface area (Å²) < 4.78 is 8.28. The summed E-state index contributed by atoms with van der Waals surface area (Å²) in [6, 6.07) is 0. The SMILES string of the molecule is C.O=C=O.O=O.O=O.O=O.O=[C-]O.[Mg+2].[OH-].[O]=[Mg]. The van der Waals surface area contributed by atoms with E-state index in [-0.39, 0.29) is 42.1 Å². The molecule has 0 saturated carbocycles. The molecule has 0 unspecified atom stereocenters. The Morgan fingerprint density at radius 2 is 0.882 bits per heavy atom. The van der Waals surface area contributed by atoms with Gasteiger partial charge in [-0.25, -0.2) is 0 Å². The van der Waals surface area contributed by atoms with Gasteiger partial charge in [0.15, 0.2) is 0 Å². The maximum absolute atomic E-state index is 8.28. The standard InChI is InChI=1S/CHO2.CO2.CH4.2Mg.3O2.H2O.O/c2*2-1-3;;;;3*1-2;;/h(H,2,3);;1H4;;;;;;1H2;/q-1;;;;+2;;;;;/p-1. The van der Waals surface area contributed by atoms with Gasteiger partial charge in [-0.1, -0.05) is 13.9 Å². The van der Waals surface area contributed by atoms with Crippen LogP contribution in [-0.4, -0.2) is 67.9 Å². The van der Waals surface area contributed by atoms with Crippen LogP contribution in [0.4, 0.5) is 0 Å². The van der Waals surface area contributed by atoms with Gasteiger partial charge in [0, 0.05) is 29.8 Å². The number of aliphatic hydroxyl groups excluding tert-OH is 1. The van der Waals surface area contributed by atoms with Crippen LogP contribution >= 0.6 is 0 Å². The predicted molar refractivity (Wildman–Crippen MR) is 54.4 cm³/mol. The topological polar surface area (TPSA) is 221 Å². The second kappa shape index (κ2) is 3270. The van der Waals surface area contributed by atoms with E-state index in [1.165, 1.54) is 0 Å². The normalized spacial score (nSPS) is 2.24. The van der Waals surface area contributed by atoms with Crippen LogP contribution in [0.25, 0.3) is 0 Å². The monoisotopic (exact) mass is 282 g/mol. The number of rotatable bonds is 0. The average Bonchev–Trinajstić information content (AvgIpc) is 2.31. The van der Waals surface area contributed by atoms with E-state index in [0.717, 1.165) is 0 Å². The molecule has 2 N–H and O–H groups in total. The van der Waals surface area contributed by atoms with E-state index in [4.69, 9.17) is 52.5 Å². The van der Waals surface area contributed by atoms with Crippen molar-refractivity contribution in [1.82, 2.24) is 0 Å².